The van der Waals surface area contributed by atoms with Crippen LogP contribution >= 0.6 is 0 Å². The zero-order valence-electron chi connectivity index (χ0n) is 15.7. The quantitative estimate of drug-likeness (QED) is 0.833. The number of carbonyl (C=O) groups is 1. The van der Waals surface area contributed by atoms with E-state index >= 15 is 0 Å². The zero-order chi connectivity index (χ0) is 17.9. The SMILES string of the molecule is CC1CCN(Cc2ccc(C(=O)N3CCc4ccccc4C3)cc2)CC1. The van der Waals surface area contributed by atoms with Crippen LogP contribution in [-0.2, 0) is 19.5 Å². The van der Waals surface area contributed by atoms with E-state index in [1.54, 1.807) is 0 Å². The number of hydrogen-bond donors (Lipinski definition) is 0. The third-order valence-corrected chi connectivity index (χ3v) is 5.90. The average Bonchev–Trinajstić information content (AvgIpc) is 2.69. The van der Waals surface area contributed by atoms with E-state index in [0.717, 1.165) is 37.5 Å². The summed E-state index contributed by atoms with van der Waals surface area (Å²) < 4.78 is 0. The third kappa shape index (κ3) is 3.83. The van der Waals surface area contributed by atoms with E-state index < -0.39 is 0 Å². The molecule has 0 bridgehead atoms. The topological polar surface area (TPSA) is 23.6 Å². The highest BCUT2D eigenvalue weighted by Gasteiger charge is 2.21. The molecular weight excluding hydrogens is 320 g/mol. The van der Waals surface area contributed by atoms with Crippen molar-refractivity contribution in [2.75, 3.05) is 19.6 Å². The molecule has 0 aromatic heterocycles. The summed E-state index contributed by atoms with van der Waals surface area (Å²) in [6.45, 7) is 7.26. The van der Waals surface area contributed by atoms with Gasteiger partial charge in [0.1, 0.15) is 0 Å². The number of hydrogen-bond acceptors (Lipinski definition) is 2. The molecule has 2 aromatic carbocycles. The van der Waals surface area contributed by atoms with Gasteiger partial charge in [-0.3, -0.25) is 9.69 Å². The first-order chi connectivity index (χ1) is 12.7. The fourth-order valence-electron chi connectivity index (χ4n) is 4.08. The number of nitrogens with zero attached hydrogens (tertiary/aromatic N) is 2. The summed E-state index contributed by atoms with van der Waals surface area (Å²) in [7, 11) is 0. The maximum absolute atomic E-state index is 12.9. The number of likely N-dealkylation sites (tertiary alicyclic amines) is 1. The highest BCUT2D eigenvalue weighted by Crippen LogP contribution is 2.21. The van der Waals surface area contributed by atoms with Gasteiger partial charge in [0.05, 0.1) is 0 Å². The zero-order valence-corrected chi connectivity index (χ0v) is 15.7. The maximum Gasteiger partial charge on any atom is 0.254 e. The largest absolute Gasteiger partial charge is 0.334 e. The summed E-state index contributed by atoms with van der Waals surface area (Å²) in [5.74, 6) is 1.01. The molecule has 2 aliphatic heterocycles. The Kier molecular flexibility index (Phi) is 5.07. The van der Waals surface area contributed by atoms with Gasteiger partial charge in [-0.2, -0.15) is 0 Å². The molecule has 2 aromatic rings. The smallest absolute Gasteiger partial charge is 0.254 e. The van der Waals surface area contributed by atoms with Crippen molar-refractivity contribution in [3.63, 3.8) is 0 Å². The molecule has 1 fully saturated rings. The first kappa shape index (κ1) is 17.3. The van der Waals surface area contributed by atoms with Gasteiger partial charge in [-0.15, -0.1) is 0 Å². The number of rotatable bonds is 3. The number of benzene rings is 2. The molecule has 1 amide bonds. The Bertz CT molecular complexity index is 760. The molecule has 3 heteroatoms. The monoisotopic (exact) mass is 348 g/mol. The van der Waals surface area contributed by atoms with Crippen LogP contribution in [0.15, 0.2) is 48.5 Å². The number of fused-ring (bicyclic) bond motifs is 1. The van der Waals surface area contributed by atoms with Crippen molar-refractivity contribution >= 4 is 5.91 Å². The van der Waals surface area contributed by atoms with E-state index in [1.165, 1.54) is 42.6 Å². The van der Waals surface area contributed by atoms with Crippen LogP contribution in [0.2, 0.25) is 0 Å². The summed E-state index contributed by atoms with van der Waals surface area (Å²) in [5, 5.41) is 0. The van der Waals surface area contributed by atoms with Crippen molar-refractivity contribution in [1.82, 2.24) is 9.80 Å². The van der Waals surface area contributed by atoms with E-state index in [4.69, 9.17) is 0 Å². The highest BCUT2D eigenvalue weighted by molar-refractivity contribution is 5.94. The van der Waals surface area contributed by atoms with Crippen LogP contribution in [0.4, 0.5) is 0 Å². The van der Waals surface area contributed by atoms with E-state index in [0.29, 0.717) is 0 Å². The predicted octanol–water partition coefficient (Wildman–Crippen LogP) is 4.12. The normalized spacial score (nSPS) is 18.6. The minimum Gasteiger partial charge on any atom is -0.334 e. The van der Waals surface area contributed by atoms with E-state index in [9.17, 15) is 4.79 Å². The van der Waals surface area contributed by atoms with Gasteiger partial charge in [0, 0.05) is 25.2 Å². The first-order valence-electron chi connectivity index (χ1n) is 9.86. The van der Waals surface area contributed by atoms with Crippen LogP contribution in [0.25, 0.3) is 0 Å². The molecule has 0 radical (unpaired) electrons. The van der Waals surface area contributed by atoms with Crippen molar-refractivity contribution in [2.45, 2.75) is 39.3 Å². The van der Waals surface area contributed by atoms with Gasteiger partial charge in [0.15, 0.2) is 0 Å². The first-order valence-corrected chi connectivity index (χ1v) is 9.86. The van der Waals surface area contributed by atoms with Crippen LogP contribution < -0.4 is 0 Å². The molecule has 26 heavy (non-hydrogen) atoms. The minimum atomic E-state index is 0.151. The summed E-state index contributed by atoms with van der Waals surface area (Å²) in [5.41, 5.74) is 4.77. The minimum absolute atomic E-state index is 0.151. The summed E-state index contributed by atoms with van der Waals surface area (Å²) >= 11 is 0. The van der Waals surface area contributed by atoms with Crippen molar-refractivity contribution < 1.29 is 4.79 Å². The van der Waals surface area contributed by atoms with Gasteiger partial charge in [-0.25, -0.2) is 0 Å². The van der Waals surface area contributed by atoms with Gasteiger partial charge >= 0.3 is 0 Å². The Hall–Kier alpha value is -2.13. The van der Waals surface area contributed by atoms with E-state index in [1.807, 2.05) is 17.0 Å². The molecule has 0 saturated carbocycles. The van der Waals surface area contributed by atoms with Gasteiger partial charge in [-0.1, -0.05) is 43.3 Å². The molecule has 1 saturated heterocycles. The number of amides is 1. The van der Waals surface area contributed by atoms with Crippen LogP contribution in [-0.4, -0.2) is 35.3 Å². The molecule has 3 nitrogen and oxygen atoms in total. The Morgan fingerprint density at radius 1 is 0.962 bits per heavy atom. The Morgan fingerprint density at radius 3 is 2.38 bits per heavy atom. The highest BCUT2D eigenvalue weighted by atomic mass is 16.2. The van der Waals surface area contributed by atoms with Crippen LogP contribution in [0.5, 0.6) is 0 Å². The van der Waals surface area contributed by atoms with Gasteiger partial charge in [0.25, 0.3) is 5.91 Å². The molecule has 0 N–H and O–H groups in total. The predicted molar refractivity (Wildman–Crippen MR) is 105 cm³/mol. The summed E-state index contributed by atoms with van der Waals surface area (Å²) in [4.78, 5) is 17.4. The van der Waals surface area contributed by atoms with Gasteiger partial charge in [0.2, 0.25) is 0 Å². The standard InChI is InChI=1S/C23H28N2O/c1-18-10-13-24(14-11-18)16-19-6-8-21(9-7-19)23(26)25-15-12-20-4-2-3-5-22(20)17-25/h2-9,18H,10-17H2,1H3. The van der Waals surface area contributed by atoms with E-state index in [-0.39, 0.29) is 5.91 Å². The molecule has 0 aliphatic carbocycles. The molecule has 4 rings (SSSR count). The summed E-state index contributed by atoms with van der Waals surface area (Å²) in [6, 6.07) is 16.7. The number of piperidine rings is 1. The average molecular weight is 348 g/mol. The maximum atomic E-state index is 12.9. The second-order valence-corrected chi connectivity index (χ2v) is 7.90. The van der Waals surface area contributed by atoms with Crippen molar-refractivity contribution in [2.24, 2.45) is 5.92 Å². The molecule has 2 aliphatic rings. The molecule has 136 valence electrons. The fourth-order valence-corrected chi connectivity index (χ4v) is 4.08. The lowest BCUT2D eigenvalue weighted by molar-refractivity contribution is 0.0734. The molecule has 0 atom stereocenters. The summed E-state index contributed by atoms with van der Waals surface area (Å²) in [6.07, 6.45) is 3.55. The molecule has 2 heterocycles. The Balaban J connectivity index is 1.38. The van der Waals surface area contributed by atoms with Crippen LogP contribution in [0.3, 0.4) is 0 Å². The lowest BCUT2D eigenvalue weighted by atomic mass is 9.98. The van der Waals surface area contributed by atoms with E-state index in [2.05, 4.69) is 48.2 Å². The third-order valence-electron chi connectivity index (χ3n) is 5.90. The second-order valence-electron chi connectivity index (χ2n) is 7.90. The van der Waals surface area contributed by atoms with Crippen LogP contribution in [0.1, 0.15) is 46.8 Å². The van der Waals surface area contributed by atoms with Crippen molar-refractivity contribution in [3.8, 4) is 0 Å². The fraction of sp³-hybridized carbons (Fsp3) is 0.435. The van der Waals surface area contributed by atoms with Crippen molar-refractivity contribution in [1.29, 1.82) is 0 Å². The Morgan fingerprint density at radius 2 is 1.65 bits per heavy atom. The second kappa shape index (κ2) is 7.63. The van der Waals surface area contributed by atoms with Crippen LogP contribution in [0, 0.1) is 5.92 Å². The Labute approximate surface area is 156 Å². The van der Waals surface area contributed by atoms with Gasteiger partial charge in [-0.05, 0) is 67.1 Å². The van der Waals surface area contributed by atoms with Gasteiger partial charge < -0.3 is 4.90 Å². The molecule has 0 spiro atoms. The molecular formula is C23H28N2O. The lowest BCUT2D eigenvalue weighted by Crippen LogP contribution is -2.36. The lowest BCUT2D eigenvalue weighted by Gasteiger charge is -2.30. The molecule has 0 unspecified atom stereocenters. The number of carbonyl (C=O) groups excluding carboxylic acids is 1. The van der Waals surface area contributed by atoms with Crippen molar-refractivity contribution in [3.05, 3.63) is 70.8 Å².